The van der Waals surface area contributed by atoms with Crippen molar-refractivity contribution in [1.29, 1.82) is 0 Å². The van der Waals surface area contributed by atoms with Gasteiger partial charge in [-0.3, -0.25) is 4.79 Å². The molecule has 12 heteroatoms. The molecule has 1 aromatic carbocycles. The number of fused-ring (bicyclic) bond motifs is 3. The number of nitrogens with one attached hydrogen (secondary N) is 2. The van der Waals surface area contributed by atoms with Crippen LogP contribution >= 0.6 is 11.3 Å². The van der Waals surface area contributed by atoms with Crippen LogP contribution in [0.2, 0.25) is 0 Å². The molecule has 2 aliphatic rings. The Bertz CT molecular complexity index is 1300. The predicted octanol–water partition coefficient (Wildman–Crippen LogP) is 1.53. The standard InChI is InChI=1S/C20H20N6O4S2/c21-32(28,29)13-3-1-2-12(8-13)24-20-23-10-15-18(25-20)14-9-16(31-17(14)11-30-15)19(27)26-6-4-22-5-7-26/h1-3,8-10,22H,4-7,11H2,(H2,21,28,29)(H,23,24,25). The molecule has 10 nitrogen and oxygen atoms in total. The van der Waals surface area contributed by atoms with Gasteiger partial charge in [0.15, 0.2) is 5.75 Å². The summed E-state index contributed by atoms with van der Waals surface area (Å²) in [4.78, 5) is 25.2. The molecule has 3 aromatic rings. The maximum Gasteiger partial charge on any atom is 0.264 e. The molecule has 0 bridgehead atoms. The highest BCUT2D eigenvalue weighted by molar-refractivity contribution is 7.89. The van der Waals surface area contributed by atoms with E-state index in [9.17, 15) is 13.2 Å². The number of sulfonamides is 1. The number of rotatable bonds is 4. The molecule has 4 N–H and O–H groups in total. The molecule has 0 saturated carbocycles. The van der Waals surface area contributed by atoms with Gasteiger partial charge in [-0.15, -0.1) is 11.3 Å². The molecule has 2 aliphatic heterocycles. The van der Waals surface area contributed by atoms with Crippen molar-refractivity contribution in [3.63, 3.8) is 0 Å². The van der Waals surface area contributed by atoms with Gasteiger partial charge in [0, 0.05) is 37.4 Å². The average Bonchev–Trinajstić information content (AvgIpc) is 3.24. The zero-order valence-corrected chi connectivity index (χ0v) is 18.5. The van der Waals surface area contributed by atoms with E-state index >= 15 is 0 Å². The molecule has 2 aromatic heterocycles. The molecule has 4 heterocycles. The Morgan fingerprint density at radius 3 is 2.84 bits per heavy atom. The first-order valence-electron chi connectivity index (χ1n) is 9.91. The fraction of sp³-hybridized carbons (Fsp3) is 0.250. The zero-order chi connectivity index (χ0) is 22.3. The maximum atomic E-state index is 12.9. The molecule has 1 saturated heterocycles. The Labute approximate surface area is 188 Å². The van der Waals surface area contributed by atoms with Crippen LogP contribution in [-0.2, 0) is 16.6 Å². The molecule has 0 aliphatic carbocycles. The topological polar surface area (TPSA) is 140 Å². The maximum absolute atomic E-state index is 12.9. The van der Waals surface area contributed by atoms with Crippen LogP contribution in [0.25, 0.3) is 11.3 Å². The summed E-state index contributed by atoms with van der Waals surface area (Å²) in [5.41, 5.74) is 1.91. The van der Waals surface area contributed by atoms with E-state index in [1.165, 1.54) is 23.5 Å². The summed E-state index contributed by atoms with van der Waals surface area (Å²) >= 11 is 1.42. The minimum absolute atomic E-state index is 0.0136. The number of piperazine rings is 1. The molecule has 0 unspecified atom stereocenters. The highest BCUT2D eigenvalue weighted by Gasteiger charge is 2.27. The summed E-state index contributed by atoms with van der Waals surface area (Å²) in [6, 6.07) is 7.96. The Balaban J connectivity index is 1.44. The number of hydrogen-bond donors (Lipinski definition) is 3. The van der Waals surface area contributed by atoms with Gasteiger partial charge < -0.3 is 20.3 Å². The second-order valence-electron chi connectivity index (χ2n) is 7.38. The van der Waals surface area contributed by atoms with Gasteiger partial charge in [0.1, 0.15) is 12.3 Å². The lowest BCUT2D eigenvalue weighted by Gasteiger charge is -2.26. The molecule has 1 amide bonds. The van der Waals surface area contributed by atoms with Gasteiger partial charge in [-0.05, 0) is 24.3 Å². The number of benzene rings is 1. The Morgan fingerprint density at radius 2 is 2.06 bits per heavy atom. The number of ether oxygens (including phenoxy) is 1. The minimum Gasteiger partial charge on any atom is -0.484 e. The zero-order valence-electron chi connectivity index (χ0n) is 16.9. The van der Waals surface area contributed by atoms with Crippen molar-refractivity contribution in [3.05, 3.63) is 46.3 Å². The van der Waals surface area contributed by atoms with E-state index in [-0.39, 0.29) is 16.8 Å². The third-order valence-corrected chi connectivity index (χ3v) is 7.22. The lowest BCUT2D eigenvalue weighted by atomic mass is 10.1. The van der Waals surface area contributed by atoms with Crippen molar-refractivity contribution in [1.82, 2.24) is 20.2 Å². The third-order valence-electron chi connectivity index (χ3n) is 5.21. The van der Waals surface area contributed by atoms with Crippen LogP contribution in [0.1, 0.15) is 14.5 Å². The summed E-state index contributed by atoms with van der Waals surface area (Å²) in [5, 5.41) is 11.5. The lowest BCUT2D eigenvalue weighted by molar-refractivity contribution is 0.0740. The van der Waals surface area contributed by atoms with Gasteiger partial charge in [0.05, 0.1) is 20.8 Å². The van der Waals surface area contributed by atoms with Crippen molar-refractivity contribution in [3.8, 4) is 17.0 Å². The second-order valence-corrected chi connectivity index (χ2v) is 10.1. The van der Waals surface area contributed by atoms with E-state index in [1.807, 2.05) is 11.0 Å². The number of anilines is 2. The molecule has 5 rings (SSSR count). The quantitative estimate of drug-likeness (QED) is 0.519. The number of hydrogen-bond acceptors (Lipinski definition) is 9. The molecule has 0 atom stereocenters. The summed E-state index contributed by atoms with van der Waals surface area (Å²) < 4.78 is 29.0. The highest BCUT2D eigenvalue weighted by atomic mass is 32.2. The van der Waals surface area contributed by atoms with Gasteiger partial charge in [-0.1, -0.05) is 6.07 Å². The summed E-state index contributed by atoms with van der Waals surface area (Å²) in [6.45, 7) is 3.30. The van der Waals surface area contributed by atoms with Crippen LogP contribution in [0.3, 0.4) is 0 Å². The van der Waals surface area contributed by atoms with Gasteiger partial charge in [0.25, 0.3) is 5.91 Å². The van der Waals surface area contributed by atoms with Crippen molar-refractivity contribution >= 4 is 38.9 Å². The monoisotopic (exact) mass is 472 g/mol. The number of carbonyl (C=O) groups is 1. The van der Waals surface area contributed by atoms with Crippen molar-refractivity contribution in [2.75, 3.05) is 31.5 Å². The number of amides is 1. The summed E-state index contributed by atoms with van der Waals surface area (Å²) in [5.74, 6) is 0.813. The smallest absolute Gasteiger partial charge is 0.264 e. The Kier molecular flexibility index (Phi) is 5.29. The van der Waals surface area contributed by atoms with E-state index in [4.69, 9.17) is 9.88 Å². The molecule has 32 heavy (non-hydrogen) atoms. The van der Waals surface area contributed by atoms with Crippen LogP contribution in [0.4, 0.5) is 11.6 Å². The minimum atomic E-state index is -3.83. The lowest BCUT2D eigenvalue weighted by Crippen LogP contribution is -2.46. The SMILES string of the molecule is NS(=O)(=O)c1cccc(Nc2ncc3c(n2)-c2cc(C(=O)N4CCNCC4)sc2CO3)c1. The predicted molar refractivity (Wildman–Crippen MR) is 120 cm³/mol. The van der Waals surface area contributed by atoms with Crippen molar-refractivity contribution in [2.45, 2.75) is 11.5 Å². The van der Waals surface area contributed by atoms with E-state index in [2.05, 4.69) is 20.6 Å². The first-order valence-corrected chi connectivity index (χ1v) is 12.3. The van der Waals surface area contributed by atoms with E-state index in [0.29, 0.717) is 41.7 Å². The number of carbonyl (C=O) groups excluding carboxylic acids is 1. The fourth-order valence-corrected chi connectivity index (χ4v) is 5.22. The van der Waals surface area contributed by atoms with E-state index in [1.54, 1.807) is 18.3 Å². The molecule has 0 radical (unpaired) electrons. The number of aromatic nitrogens is 2. The molecular formula is C20H20N6O4S2. The van der Waals surface area contributed by atoms with E-state index < -0.39 is 10.0 Å². The summed E-state index contributed by atoms with van der Waals surface area (Å²) in [7, 11) is -3.83. The van der Waals surface area contributed by atoms with Crippen LogP contribution in [0.5, 0.6) is 5.75 Å². The second kappa shape index (κ2) is 8.13. The largest absolute Gasteiger partial charge is 0.484 e. The highest BCUT2D eigenvalue weighted by Crippen LogP contribution is 2.41. The van der Waals surface area contributed by atoms with Crippen molar-refractivity contribution in [2.24, 2.45) is 5.14 Å². The Hall–Kier alpha value is -3.06. The number of nitrogens with two attached hydrogens (primary N) is 1. The van der Waals surface area contributed by atoms with Crippen LogP contribution < -0.4 is 20.5 Å². The first kappa shape index (κ1) is 20.8. The Morgan fingerprint density at radius 1 is 1.25 bits per heavy atom. The van der Waals surface area contributed by atoms with E-state index in [0.717, 1.165) is 23.5 Å². The van der Waals surface area contributed by atoms with Crippen molar-refractivity contribution < 1.29 is 17.9 Å². The number of nitrogens with zero attached hydrogens (tertiary/aromatic N) is 3. The van der Waals surface area contributed by atoms with Gasteiger partial charge in [-0.2, -0.15) is 0 Å². The van der Waals surface area contributed by atoms with Gasteiger partial charge in [0.2, 0.25) is 16.0 Å². The summed E-state index contributed by atoms with van der Waals surface area (Å²) in [6.07, 6.45) is 1.56. The van der Waals surface area contributed by atoms with Crippen LogP contribution in [0, 0.1) is 0 Å². The van der Waals surface area contributed by atoms with Gasteiger partial charge >= 0.3 is 0 Å². The molecule has 166 valence electrons. The van der Waals surface area contributed by atoms with Crippen LogP contribution in [-0.4, -0.2) is 55.4 Å². The average molecular weight is 473 g/mol. The first-order chi connectivity index (χ1) is 15.4. The fourth-order valence-electron chi connectivity index (χ4n) is 3.62. The number of thiophene rings is 1. The number of primary sulfonamides is 1. The van der Waals surface area contributed by atoms with Crippen LogP contribution in [0.15, 0.2) is 41.4 Å². The van der Waals surface area contributed by atoms with Gasteiger partial charge in [-0.25, -0.2) is 23.5 Å². The molecular weight excluding hydrogens is 452 g/mol. The molecule has 0 spiro atoms. The normalized spacial score (nSPS) is 15.5. The molecule has 1 fully saturated rings. The third kappa shape index (κ3) is 4.05.